The molecule has 9 heteroatoms. The first-order valence-corrected chi connectivity index (χ1v) is 7.18. The van der Waals surface area contributed by atoms with Crippen LogP contribution in [0.2, 0.25) is 0 Å². The van der Waals surface area contributed by atoms with Gasteiger partial charge >= 0.3 is 0 Å². The maximum Gasteiger partial charge on any atom is 0.223 e. The summed E-state index contributed by atoms with van der Waals surface area (Å²) in [6.07, 6.45) is 1.15. The summed E-state index contributed by atoms with van der Waals surface area (Å²) < 4.78 is 14.3. The Bertz CT molecular complexity index is 559. The molecule has 0 aliphatic rings. The maximum absolute atomic E-state index is 13.6. The number of nitrogens with zero attached hydrogens (tertiary/aromatic N) is 5. The lowest BCUT2D eigenvalue weighted by Crippen LogP contribution is -2.07. The number of aromatic nitrogens is 4. The van der Waals surface area contributed by atoms with Crippen LogP contribution < -0.4 is 10.2 Å². The first-order valence-electron chi connectivity index (χ1n) is 5.55. The minimum atomic E-state index is -0.465. The largest absolute Gasteiger partial charge is 0.354 e. The molecule has 0 amide bonds. The fraction of sp³-hybridized carbons (Fsp3) is 0.400. The molecule has 0 aliphatic carbocycles. The normalized spacial score (nSPS) is 10.5. The summed E-state index contributed by atoms with van der Waals surface area (Å²) in [5.74, 6) is -0.0583. The van der Waals surface area contributed by atoms with Crippen LogP contribution >= 0.6 is 23.1 Å². The van der Waals surface area contributed by atoms with Crippen LogP contribution in [0.25, 0.3) is 0 Å². The van der Waals surface area contributed by atoms with Crippen molar-refractivity contribution >= 4 is 34.2 Å². The monoisotopic (exact) mass is 300 g/mol. The van der Waals surface area contributed by atoms with Gasteiger partial charge < -0.3 is 10.2 Å². The molecule has 1 N–H and O–H groups in total. The van der Waals surface area contributed by atoms with Crippen molar-refractivity contribution in [3.8, 4) is 0 Å². The summed E-state index contributed by atoms with van der Waals surface area (Å²) in [7, 11) is 3.76. The average Bonchev–Trinajstić information content (AvgIpc) is 2.82. The predicted molar refractivity (Wildman–Crippen MR) is 74.5 cm³/mol. The Morgan fingerprint density at radius 3 is 2.84 bits per heavy atom. The first-order chi connectivity index (χ1) is 9.10. The van der Waals surface area contributed by atoms with E-state index in [-0.39, 0.29) is 5.03 Å². The molecule has 0 atom stereocenters. The molecule has 0 fully saturated rings. The second kappa shape index (κ2) is 6.11. The highest BCUT2D eigenvalue weighted by Gasteiger charge is 2.13. The molecular weight excluding hydrogens is 287 g/mol. The van der Waals surface area contributed by atoms with E-state index in [4.69, 9.17) is 0 Å². The second-order valence-corrected chi connectivity index (χ2v) is 5.92. The highest BCUT2D eigenvalue weighted by molar-refractivity contribution is 8.01. The Kier molecular flexibility index (Phi) is 4.48. The van der Waals surface area contributed by atoms with E-state index in [1.54, 1.807) is 0 Å². The van der Waals surface area contributed by atoms with Crippen LogP contribution in [0, 0.1) is 5.82 Å². The van der Waals surface area contributed by atoms with E-state index in [0.717, 1.165) is 23.1 Å². The van der Waals surface area contributed by atoms with E-state index in [1.165, 1.54) is 11.3 Å². The van der Waals surface area contributed by atoms with Crippen LogP contribution in [0.3, 0.4) is 0 Å². The van der Waals surface area contributed by atoms with Gasteiger partial charge in [-0.2, -0.15) is 0 Å². The number of hydrogen-bond donors (Lipinski definition) is 1. The molecule has 2 aromatic rings. The lowest BCUT2D eigenvalue weighted by atomic mass is 10.6. The summed E-state index contributed by atoms with van der Waals surface area (Å²) >= 11 is 2.53. The van der Waals surface area contributed by atoms with Gasteiger partial charge in [0.1, 0.15) is 5.03 Å². The Morgan fingerprint density at radius 2 is 2.21 bits per heavy atom. The van der Waals surface area contributed by atoms with Gasteiger partial charge in [0.15, 0.2) is 10.2 Å². The molecule has 2 heterocycles. The molecule has 0 aromatic carbocycles. The number of hydrogen-bond acceptors (Lipinski definition) is 8. The van der Waals surface area contributed by atoms with Crippen molar-refractivity contribution in [2.45, 2.75) is 16.3 Å². The molecule has 0 spiro atoms. The summed E-state index contributed by atoms with van der Waals surface area (Å²) in [6, 6.07) is 0. The molecule has 6 nitrogen and oxygen atoms in total. The zero-order valence-electron chi connectivity index (χ0n) is 10.7. The summed E-state index contributed by atoms with van der Waals surface area (Å²) in [6.45, 7) is 2.60. The van der Waals surface area contributed by atoms with Crippen molar-refractivity contribution in [1.82, 2.24) is 20.2 Å². The Balaban J connectivity index is 2.19. The number of nitrogens with one attached hydrogen (secondary N) is 1. The van der Waals surface area contributed by atoms with Gasteiger partial charge in [0, 0.05) is 20.6 Å². The summed E-state index contributed by atoms with van der Waals surface area (Å²) in [5.41, 5.74) is 0. The van der Waals surface area contributed by atoms with Crippen LogP contribution in [0.4, 0.5) is 15.5 Å². The average molecular weight is 300 g/mol. The standard InChI is InChI=1S/C10H13FN6S2/c1-4-12-8-13-5-6(11)7(14-8)18-10-16-15-9(19-10)17(2)3/h5H,4H2,1-3H3,(H,12,13,14). The number of rotatable bonds is 5. The number of anilines is 2. The third kappa shape index (κ3) is 3.51. The number of halogens is 1. The van der Waals surface area contributed by atoms with Crippen molar-refractivity contribution in [3.63, 3.8) is 0 Å². The fourth-order valence-corrected chi connectivity index (χ4v) is 2.83. The van der Waals surface area contributed by atoms with Crippen molar-refractivity contribution in [3.05, 3.63) is 12.0 Å². The van der Waals surface area contributed by atoms with Crippen LogP contribution in [0.1, 0.15) is 6.92 Å². The molecule has 0 saturated heterocycles. The highest BCUT2D eigenvalue weighted by Crippen LogP contribution is 2.33. The third-order valence-corrected chi connectivity index (χ3v) is 4.13. The SMILES string of the molecule is CCNc1ncc(F)c(Sc2nnc(N(C)C)s2)n1. The van der Waals surface area contributed by atoms with Gasteiger partial charge in [-0.05, 0) is 18.7 Å². The van der Waals surface area contributed by atoms with Gasteiger partial charge in [-0.3, -0.25) is 0 Å². The van der Waals surface area contributed by atoms with Crippen LogP contribution in [0.5, 0.6) is 0 Å². The molecule has 102 valence electrons. The van der Waals surface area contributed by atoms with Crippen LogP contribution in [-0.4, -0.2) is 40.8 Å². The minimum Gasteiger partial charge on any atom is -0.354 e. The van der Waals surface area contributed by atoms with Gasteiger partial charge in [-0.15, -0.1) is 10.2 Å². The van der Waals surface area contributed by atoms with Gasteiger partial charge in [-0.1, -0.05) is 11.3 Å². The van der Waals surface area contributed by atoms with Crippen molar-refractivity contribution < 1.29 is 4.39 Å². The molecule has 2 rings (SSSR count). The molecule has 0 saturated carbocycles. The third-order valence-electron chi connectivity index (χ3n) is 2.01. The van der Waals surface area contributed by atoms with E-state index < -0.39 is 5.82 Å². The van der Waals surface area contributed by atoms with E-state index in [1.807, 2.05) is 25.9 Å². The molecule has 0 unspecified atom stereocenters. The Labute approximate surface area is 118 Å². The lowest BCUT2D eigenvalue weighted by Gasteiger charge is -2.04. The minimum absolute atomic E-state index is 0.243. The van der Waals surface area contributed by atoms with Gasteiger partial charge in [0.05, 0.1) is 6.20 Å². The highest BCUT2D eigenvalue weighted by atomic mass is 32.2. The molecule has 0 bridgehead atoms. The second-order valence-electron chi connectivity index (χ2n) is 3.72. The lowest BCUT2D eigenvalue weighted by molar-refractivity contribution is 0.580. The van der Waals surface area contributed by atoms with E-state index >= 15 is 0 Å². The zero-order chi connectivity index (χ0) is 13.8. The first kappa shape index (κ1) is 13.9. The van der Waals surface area contributed by atoms with Crippen molar-refractivity contribution in [2.75, 3.05) is 30.9 Å². The summed E-state index contributed by atoms with van der Waals surface area (Å²) in [5, 5.41) is 11.9. The van der Waals surface area contributed by atoms with Crippen molar-refractivity contribution in [2.24, 2.45) is 0 Å². The summed E-state index contributed by atoms with van der Waals surface area (Å²) in [4.78, 5) is 9.80. The van der Waals surface area contributed by atoms with Crippen LogP contribution in [0.15, 0.2) is 15.6 Å². The quantitative estimate of drug-likeness (QED) is 0.848. The van der Waals surface area contributed by atoms with E-state index in [9.17, 15) is 4.39 Å². The van der Waals surface area contributed by atoms with E-state index in [0.29, 0.717) is 16.8 Å². The Morgan fingerprint density at radius 1 is 1.42 bits per heavy atom. The molecular formula is C10H13FN6S2. The smallest absolute Gasteiger partial charge is 0.223 e. The Hall–Kier alpha value is -1.48. The molecule has 2 aromatic heterocycles. The predicted octanol–water partition coefficient (Wildman–Crippen LogP) is 2.12. The molecule has 0 aliphatic heterocycles. The maximum atomic E-state index is 13.6. The van der Waals surface area contributed by atoms with Gasteiger partial charge in [0.2, 0.25) is 11.1 Å². The van der Waals surface area contributed by atoms with Crippen LogP contribution in [-0.2, 0) is 0 Å². The van der Waals surface area contributed by atoms with Gasteiger partial charge in [0.25, 0.3) is 0 Å². The van der Waals surface area contributed by atoms with E-state index in [2.05, 4.69) is 25.5 Å². The van der Waals surface area contributed by atoms with Crippen molar-refractivity contribution in [1.29, 1.82) is 0 Å². The zero-order valence-corrected chi connectivity index (χ0v) is 12.3. The fourth-order valence-electron chi connectivity index (χ4n) is 1.17. The van der Waals surface area contributed by atoms with Gasteiger partial charge in [-0.25, -0.2) is 14.4 Å². The molecule has 19 heavy (non-hydrogen) atoms. The molecule has 0 radical (unpaired) electrons. The topological polar surface area (TPSA) is 66.8 Å².